The number of carbonyl (C=O) groups excluding carboxylic acids is 1. The number of amides is 1. The smallest absolute Gasteiger partial charge is 0.219 e. The molecule has 1 amide bonds. The fourth-order valence-electron chi connectivity index (χ4n) is 2.73. The minimum absolute atomic E-state index is 0.0599. The largest absolute Gasteiger partial charge is 0.338 e. The predicted molar refractivity (Wildman–Crippen MR) is 73.4 cm³/mol. The Labute approximate surface area is 116 Å². The van der Waals surface area contributed by atoms with Gasteiger partial charge < -0.3 is 4.90 Å². The van der Waals surface area contributed by atoms with E-state index in [4.69, 9.17) is 0 Å². The van der Waals surface area contributed by atoms with E-state index in [1.54, 1.807) is 17.9 Å². The minimum Gasteiger partial charge on any atom is -0.338 e. The molecular formula is C15H16FN3O. The van der Waals surface area contributed by atoms with E-state index >= 15 is 0 Å². The summed E-state index contributed by atoms with van der Waals surface area (Å²) in [6.45, 7) is 2.83. The summed E-state index contributed by atoms with van der Waals surface area (Å²) >= 11 is 0. The second-order valence-corrected chi connectivity index (χ2v) is 5.10. The van der Waals surface area contributed by atoms with Crippen LogP contribution in [0.5, 0.6) is 0 Å². The predicted octanol–water partition coefficient (Wildman–Crippen LogP) is 2.13. The zero-order valence-corrected chi connectivity index (χ0v) is 11.6. The highest BCUT2D eigenvalue weighted by molar-refractivity contribution is 5.74. The summed E-state index contributed by atoms with van der Waals surface area (Å²) in [7, 11) is 1.89. The van der Waals surface area contributed by atoms with Crippen molar-refractivity contribution in [1.82, 2.24) is 14.7 Å². The van der Waals surface area contributed by atoms with E-state index in [2.05, 4.69) is 5.10 Å². The number of carbonyl (C=O) groups is 1. The van der Waals surface area contributed by atoms with Crippen molar-refractivity contribution in [2.75, 3.05) is 6.54 Å². The molecule has 0 saturated heterocycles. The molecule has 0 spiro atoms. The van der Waals surface area contributed by atoms with Crippen LogP contribution in [0.1, 0.15) is 18.2 Å². The molecule has 104 valence electrons. The summed E-state index contributed by atoms with van der Waals surface area (Å²) in [5.74, 6) is -0.217. The average molecular weight is 273 g/mol. The van der Waals surface area contributed by atoms with Crippen LogP contribution in [0.3, 0.4) is 0 Å². The molecule has 1 aliphatic rings. The SMILES string of the molecule is CC(=O)N1CCc2c(c(-c3cccc(F)c3)nn2C)C1. The Morgan fingerprint density at radius 2 is 2.20 bits per heavy atom. The van der Waals surface area contributed by atoms with Gasteiger partial charge in [0.1, 0.15) is 5.82 Å². The third-order valence-electron chi connectivity index (χ3n) is 3.79. The summed E-state index contributed by atoms with van der Waals surface area (Å²) in [5.41, 5.74) is 3.68. The Hall–Kier alpha value is -2.17. The van der Waals surface area contributed by atoms with E-state index < -0.39 is 0 Å². The van der Waals surface area contributed by atoms with Gasteiger partial charge >= 0.3 is 0 Å². The van der Waals surface area contributed by atoms with Crippen LogP contribution in [-0.4, -0.2) is 27.1 Å². The molecule has 0 atom stereocenters. The van der Waals surface area contributed by atoms with Crippen molar-refractivity contribution < 1.29 is 9.18 Å². The average Bonchev–Trinajstić information content (AvgIpc) is 2.76. The highest BCUT2D eigenvalue weighted by Gasteiger charge is 2.25. The second kappa shape index (κ2) is 4.74. The molecule has 5 heteroatoms. The molecule has 0 bridgehead atoms. The lowest BCUT2D eigenvalue weighted by Gasteiger charge is -2.26. The van der Waals surface area contributed by atoms with E-state index in [9.17, 15) is 9.18 Å². The highest BCUT2D eigenvalue weighted by Crippen LogP contribution is 2.29. The number of aromatic nitrogens is 2. The molecule has 2 aromatic rings. The summed E-state index contributed by atoms with van der Waals surface area (Å²) < 4.78 is 15.2. The van der Waals surface area contributed by atoms with Gasteiger partial charge in [-0.3, -0.25) is 9.48 Å². The third kappa shape index (κ3) is 2.09. The maximum absolute atomic E-state index is 13.4. The molecule has 0 saturated carbocycles. The van der Waals surface area contributed by atoms with E-state index in [1.165, 1.54) is 12.1 Å². The molecule has 1 aromatic heterocycles. The number of fused-ring (bicyclic) bond motifs is 1. The van der Waals surface area contributed by atoms with Crippen LogP contribution in [0, 0.1) is 5.82 Å². The Morgan fingerprint density at radius 1 is 1.40 bits per heavy atom. The lowest BCUT2D eigenvalue weighted by molar-refractivity contribution is -0.129. The van der Waals surface area contributed by atoms with Crippen molar-refractivity contribution in [3.05, 3.63) is 41.3 Å². The lowest BCUT2D eigenvalue weighted by Crippen LogP contribution is -2.34. The van der Waals surface area contributed by atoms with Gasteiger partial charge in [0.05, 0.1) is 5.69 Å². The number of hydrogen-bond donors (Lipinski definition) is 0. The first-order chi connectivity index (χ1) is 9.56. The van der Waals surface area contributed by atoms with Crippen LogP contribution in [0.2, 0.25) is 0 Å². The first kappa shape index (κ1) is 12.8. The molecule has 2 heterocycles. The Morgan fingerprint density at radius 3 is 2.90 bits per heavy atom. The van der Waals surface area contributed by atoms with E-state index in [-0.39, 0.29) is 11.7 Å². The topological polar surface area (TPSA) is 38.1 Å². The van der Waals surface area contributed by atoms with E-state index in [0.29, 0.717) is 13.1 Å². The van der Waals surface area contributed by atoms with Crippen LogP contribution >= 0.6 is 0 Å². The Kier molecular flexibility index (Phi) is 3.04. The normalized spacial score (nSPS) is 14.2. The van der Waals surface area contributed by atoms with Gasteiger partial charge in [-0.15, -0.1) is 0 Å². The van der Waals surface area contributed by atoms with Crippen molar-refractivity contribution in [3.63, 3.8) is 0 Å². The van der Waals surface area contributed by atoms with Gasteiger partial charge in [-0.1, -0.05) is 12.1 Å². The zero-order valence-electron chi connectivity index (χ0n) is 11.6. The molecule has 3 rings (SSSR count). The molecule has 1 aromatic carbocycles. The van der Waals surface area contributed by atoms with Crippen LogP contribution in [0.25, 0.3) is 11.3 Å². The van der Waals surface area contributed by atoms with Crippen molar-refractivity contribution >= 4 is 5.91 Å². The Bertz CT molecular complexity index is 678. The number of aryl methyl sites for hydroxylation is 1. The molecule has 0 radical (unpaired) electrons. The van der Waals surface area contributed by atoms with E-state index in [1.807, 2.05) is 17.8 Å². The standard InChI is InChI=1S/C15H16FN3O/c1-10(20)19-7-6-14-13(9-19)15(17-18(14)2)11-4-3-5-12(16)8-11/h3-5,8H,6-7,9H2,1-2H3. The number of rotatable bonds is 1. The van der Waals surface area contributed by atoms with Crippen LogP contribution < -0.4 is 0 Å². The molecule has 0 N–H and O–H groups in total. The molecule has 0 fully saturated rings. The lowest BCUT2D eigenvalue weighted by atomic mass is 10.0. The first-order valence-electron chi connectivity index (χ1n) is 6.62. The van der Waals surface area contributed by atoms with Crippen molar-refractivity contribution in [2.45, 2.75) is 19.9 Å². The summed E-state index contributed by atoms with van der Waals surface area (Å²) in [6, 6.07) is 6.42. The minimum atomic E-state index is -0.277. The van der Waals surface area contributed by atoms with Gasteiger partial charge in [0.15, 0.2) is 0 Å². The Balaban J connectivity index is 2.08. The zero-order chi connectivity index (χ0) is 14.3. The highest BCUT2D eigenvalue weighted by atomic mass is 19.1. The van der Waals surface area contributed by atoms with Crippen molar-refractivity contribution in [1.29, 1.82) is 0 Å². The van der Waals surface area contributed by atoms with Gasteiger partial charge in [-0.25, -0.2) is 4.39 Å². The third-order valence-corrected chi connectivity index (χ3v) is 3.79. The fourth-order valence-corrected chi connectivity index (χ4v) is 2.73. The van der Waals surface area contributed by atoms with Gasteiger partial charge in [-0.2, -0.15) is 5.10 Å². The monoisotopic (exact) mass is 273 g/mol. The summed E-state index contributed by atoms with van der Waals surface area (Å²) in [5, 5.41) is 4.51. The molecule has 1 aliphatic heterocycles. The molecule has 4 nitrogen and oxygen atoms in total. The van der Waals surface area contributed by atoms with Crippen LogP contribution in [0.15, 0.2) is 24.3 Å². The van der Waals surface area contributed by atoms with Crippen LogP contribution in [-0.2, 0) is 24.8 Å². The molecule has 0 aliphatic carbocycles. The maximum Gasteiger partial charge on any atom is 0.219 e. The summed E-state index contributed by atoms with van der Waals surface area (Å²) in [4.78, 5) is 13.4. The van der Waals surface area contributed by atoms with Gasteiger partial charge in [0.25, 0.3) is 0 Å². The van der Waals surface area contributed by atoms with Gasteiger partial charge in [0.2, 0.25) is 5.91 Å². The summed E-state index contributed by atoms with van der Waals surface area (Å²) in [6.07, 6.45) is 0.785. The number of nitrogens with zero attached hydrogens (tertiary/aromatic N) is 3. The second-order valence-electron chi connectivity index (χ2n) is 5.10. The van der Waals surface area contributed by atoms with E-state index in [0.717, 1.165) is 28.9 Å². The quantitative estimate of drug-likeness (QED) is 0.798. The number of hydrogen-bond acceptors (Lipinski definition) is 2. The van der Waals surface area contributed by atoms with Crippen molar-refractivity contribution in [3.8, 4) is 11.3 Å². The van der Waals surface area contributed by atoms with Crippen molar-refractivity contribution in [2.24, 2.45) is 7.05 Å². The first-order valence-corrected chi connectivity index (χ1v) is 6.62. The van der Waals surface area contributed by atoms with Crippen LogP contribution in [0.4, 0.5) is 4.39 Å². The number of halogens is 1. The maximum atomic E-state index is 13.4. The molecule has 20 heavy (non-hydrogen) atoms. The fraction of sp³-hybridized carbons (Fsp3) is 0.333. The van der Waals surface area contributed by atoms with Gasteiger partial charge in [0, 0.05) is 50.3 Å². The molecular weight excluding hydrogens is 257 g/mol. The van der Waals surface area contributed by atoms with Gasteiger partial charge in [-0.05, 0) is 12.1 Å². The number of benzene rings is 1. The molecule has 0 unspecified atom stereocenters.